The fourth-order valence-electron chi connectivity index (χ4n) is 2.45. The third-order valence-electron chi connectivity index (χ3n) is 3.06. The highest BCUT2D eigenvalue weighted by Gasteiger charge is 2.41. The van der Waals surface area contributed by atoms with Crippen molar-refractivity contribution in [2.24, 2.45) is 23.5 Å². The van der Waals surface area contributed by atoms with E-state index in [-0.39, 0.29) is 0 Å². The molecule has 0 aromatic heterocycles. The number of fused-ring (bicyclic) bond motifs is 1. The molecule has 56 valence electrons. The van der Waals surface area contributed by atoms with Gasteiger partial charge in [0.1, 0.15) is 0 Å². The Hall–Kier alpha value is -0.300. The molecule has 0 aromatic carbocycles. The van der Waals surface area contributed by atoms with E-state index < -0.39 is 0 Å². The topological polar surface area (TPSA) is 26.0 Å². The van der Waals surface area contributed by atoms with Crippen LogP contribution in [0.3, 0.4) is 0 Å². The molecule has 0 heterocycles. The second kappa shape index (κ2) is 2.09. The molecule has 1 saturated carbocycles. The zero-order valence-corrected chi connectivity index (χ0v) is 6.51. The number of hydrogen-bond acceptors (Lipinski definition) is 1. The molecule has 1 heteroatoms. The Balaban J connectivity index is 2.03. The fourth-order valence-corrected chi connectivity index (χ4v) is 2.45. The van der Waals surface area contributed by atoms with Crippen LogP contribution >= 0.6 is 0 Å². The molecule has 2 aliphatic carbocycles. The highest BCUT2D eigenvalue weighted by molar-refractivity contribution is 5.17. The molecule has 0 saturated heterocycles. The summed E-state index contributed by atoms with van der Waals surface area (Å²) in [6.07, 6.45) is 5.17. The van der Waals surface area contributed by atoms with Gasteiger partial charge in [0.2, 0.25) is 0 Å². The van der Waals surface area contributed by atoms with Gasteiger partial charge in [-0.05, 0) is 44.1 Å². The average Bonchev–Trinajstić information content (AvgIpc) is 2.15. The van der Waals surface area contributed by atoms with Gasteiger partial charge >= 0.3 is 0 Å². The van der Waals surface area contributed by atoms with Crippen molar-refractivity contribution >= 4 is 0 Å². The summed E-state index contributed by atoms with van der Waals surface area (Å²) in [5.41, 5.74) is 7.19. The van der Waals surface area contributed by atoms with Crippen molar-refractivity contribution in [1.82, 2.24) is 0 Å². The first-order valence-electron chi connectivity index (χ1n) is 4.18. The Morgan fingerprint density at radius 3 is 3.10 bits per heavy atom. The molecule has 2 N–H and O–H groups in total. The lowest BCUT2D eigenvalue weighted by Crippen LogP contribution is -2.37. The Morgan fingerprint density at radius 1 is 1.70 bits per heavy atom. The van der Waals surface area contributed by atoms with Crippen LogP contribution in [0.2, 0.25) is 0 Å². The predicted octanol–water partition coefficient (Wildman–Crippen LogP) is 1.55. The summed E-state index contributed by atoms with van der Waals surface area (Å²) < 4.78 is 0. The first kappa shape index (κ1) is 6.41. The lowest BCUT2D eigenvalue weighted by molar-refractivity contribution is 0.137. The molecular weight excluding hydrogens is 122 g/mol. The van der Waals surface area contributed by atoms with Crippen LogP contribution in [0.25, 0.3) is 0 Å². The lowest BCUT2D eigenvalue weighted by Gasteiger charge is -2.39. The SMILES string of the molecule is CC1=C[C@@H]2[C@H](C1)C[C@@H]2CN. The summed E-state index contributed by atoms with van der Waals surface area (Å²) in [6.45, 7) is 3.14. The third-order valence-corrected chi connectivity index (χ3v) is 3.06. The number of rotatable bonds is 1. The van der Waals surface area contributed by atoms with Crippen molar-refractivity contribution in [2.45, 2.75) is 19.8 Å². The Morgan fingerprint density at radius 2 is 2.50 bits per heavy atom. The fraction of sp³-hybridized carbons (Fsp3) is 0.778. The Labute approximate surface area is 62.3 Å². The van der Waals surface area contributed by atoms with Gasteiger partial charge in [-0.1, -0.05) is 11.6 Å². The summed E-state index contributed by atoms with van der Waals surface area (Å²) in [7, 11) is 0. The molecule has 10 heavy (non-hydrogen) atoms. The summed E-state index contributed by atoms with van der Waals surface area (Å²) in [6, 6.07) is 0. The van der Waals surface area contributed by atoms with Crippen molar-refractivity contribution in [3.8, 4) is 0 Å². The molecule has 2 aliphatic rings. The largest absolute Gasteiger partial charge is 0.330 e. The predicted molar refractivity (Wildman–Crippen MR) is 42.5 cm³/mol. The van der Waals surface area contributed by atoms with Crippen LogP contribution in [-0.4, -0.2) is 6.54 Å². The van der Waals surface area contributed by atoms with Gasteiger partial charge in [0, 0.05) is 0 Å². The normalized spacial score (nSPS) is 44.2. The number of hydrogen-bond donors (Lipinski definition) is 1. The zero-order valence-electron chi connectivity index (χ0n) is 6.51. The summed E-state index contributed by atoms with van der Waals surface area (Å²) >= 11 is 0. The minimum absolute atomic E-state index is 0.822. The van der Waals surface area contributed by atoms with E-state index in [1.165, 1.54) is 12.8 Å². The molecule has 0 aromatic rings. The van der Waals surface area contributed by atoms with Gasteiger partial charge in [0.25, 0.3) is 0 Å². The van der Waals surface area contributed by atoms with Crippen molar-refractivity contribution in [1.29, 1.82) is 0 Å². The Bertz CT molecular complexity index is 172. The quantitative estimate of drug-likeness (QED) is 0.545. The first-order chi connectivity index (χ1) is 4.81. The molecule has 0 amide bonds. The first-order valence-corrected chi connectivity index (χ1v) is 4.18. The smallest absolute Gasteiger partial charge is 0.00430 e. The molecule has 2 rings (SSSR count). The van der Waals surface area contributed by atoms with Crippen LogP contribution < -0.4 is 5.73 Å². The van der Waals surface area contributed by atoms with Crippen molar-refractivity contribution in [3.63, 3.8) is 0 Å². The molecule has 0 radical (unpaired) electrons. The van der Waals surface area contributed by atoms with Gasteiger partial charge in [-0.3, -0.25) is 0 Å². The van der Waals surface area contributed by atoms with Gasteiger partial charge in [-0.2, -0.15) is 0 Å². The highest BCUT2D eigenvalue weighted by atomic mass is 14.6. The van der Waals surface area contributed by atoms with E-state index in [9.17, 15) is 0 Å². The Kier molecular flexibility index (Phi) is 1.34. The van der Waals surface area contributed by atoms with Gasteiger partial charge in [0.05, 0.1) is 0 Å². The standard InChI is InChI=1S/C9H15N/c1-6-2-7-4-8(5-10)9(7)3-6/h3,7-9H,2,4-5,10H2,1H3/t7-,8-,9-/m1/s1. The zero-order chi connectivity index (χ0) is 7.14. The van der Waals surface area contributed by atoms with Crippen LogP contribution in [0, 0.1) is 17.8 Å². The molecule has 1 fully saturated rings. The van der Waals surface area contributed by atoms with Gasteiger partial charge in [-0.15, -0.1) is 0 Å². The van der Waals surface area contributed by atoms with Crippen LogP contribution in [0.15, 0.2) is 11.6 Å². The van der Waals surface area contributed by atoms with Gasteiger partial charge in [0.15, 0.2) is 0 Å². The van der Waals surface area contributed by atoms with E-state index in [2.05, 4.69) is 13.0 Å². The van der Waals surface area contributed by atoms with Crippen LogP contribution in [0.5, 0.6) is 0 Å². The minimum atomic E-state index is 0.822. The molecule has 0 bridgehead atoms. The molecule has 3 atom stereocenters. The van der Waals surface area contributed by atoms with Gasteiger partial charge < -0.3 is 5.73 Å². The van der Waals surface area contributed by atoms with E-state index >= 15 is 0 Å². The minimum Gasteiger partial charge on any atom is -0.330 e. The molecule has 0 unspecified atom stereocenters. The number of allylic oxidation sites excluding steroid dienone is 2. The highest BCUT2D eigenvalue weighted by Crippen LogP contribution is 2.49. The van der Waals surface area contributed by atoms with E-state index in [4.69, 9.17) is 5.73 Å². The second-order valence-corrected chi connectivity index (χ2v) is 3.79. The van der Waals surface area contributed by atoms with E-state index in [1.54, 1.807) is 5.57 Å². The van der Waals surface area contributed by atoms with Crippen LogP contribution in [0.4, 0.5) is 0 Å². The maximum Gasteiger partial charge on any atom is -0.00430 e. The van der Waals surface area contributed by atoms with Crippen molar-refractivity contribution < 1.29 is 0 Å². The third kappa shape index (κ3) is 0.734. The molecule has 0 spiro atoms. The van der Waals surface area contributed by atoms with Crippen molar-refractivity contribution in [3.05, 3.63) is 11.6 Å². The molecule has 0 aliphatic heterocycles. The summed E-state index contributed by atoms with van der Waals surface area (Å²) in [4.78, 5) is 0. The maximum atomic E-state index is 5.61. The van der Waals surface area contributed by atoms with Crippen molar-refractivity contribution in [2.75, 3.05) is 6.54 Å². The van der Waals surface area contributed by atoms with E-state index in [0.717, 1.165) is 24.3 Å². The summed E-state index contributed by atoms with van der Waals surface area (Å²) in [5.74, 6) is 2.67. The van der Waals surface area contributed by atoms with E-state index in [0.29, 0.717) is 0 Å². The van der Waals surface area contributed by atoms with Gasteiger partial charge in [-0.25, -0.2) is 0 Å². The van der Waals surface area contributed by atoms with E-state index in [1.807, 2.05) is 0 Å². The van der Waals surface area contributed by atoms with Crippen LogP contribution in [0.1, 0.15) is 19.8 Å². The monoisotopic (exact) mass is 137 g/mol. The second-order valence-electron chi connectivity index (χ2n) is 3.79. The van der Waals surface area contributed by atoms with Crippen LogP contribution in [-0.2, 0) is 0 Å². The molecular formula is C9H15N. The average molecular weight is 137 g/mol. The summed E-state index contributed by atoms with van der Waals surface area (Å²) in [5, 5.41) is 0. The lowest BCUT2D eigenvalue weighted by atomic mass is 9.67. The maximum absolute atomic E-state index is 5.61. The molecule has 1 nitrogen and oxygen atoms in total. The number of nitrogens with two attached hydrogens (primary N) is 1.